The van der Waals surface area contributed by atoms with Crippen LogP contribution in [0.4, 0.5) is 15.8 Å². The van der Waals surface area contributed by atoms with Crippen molar-refractivity contribution in [2.75, 3.05) is 17.7 Å². The minimum Gasteiger partial charge on any atom is -0.465 e. The van der Waals surface area contributed by atoms with E-state index < -0.39 is 17.8 Å². The third-order valence-electron chi connectivity index (χ3n) is 3.21. The molecule has 1 atom stereocenters. The lowest BCUT2D eigenvalue weighted by molar-refractivity contribution is -0.116. The van der Waals surface area contributed by atoms with E-state index in [1.165, 1.54) is 19.2 Å². The first kappa shape index (κ1) is 16.5. The van der Waals surface area contributed by atoms with E-state index in [-0.39, 0.29) is 11.6 Å². The number of nitrogens with one attached hydrogen (secondary N) is 2. The Balaban J connectivity index is 1.98. The molecule has 2 aromatic rings. The lowest BCUT2D eigenvalue weighted by Crippen LogP contribution is -2.32. The van der Waals surface area contributed by atoms with Crippen LogP contribution >= 0.6 is 0 Å². The molecular formula is C17H17FN2O3. The maximum absolute atomic E-state index is 13.5. The fraction of sp³-hybridized carbons (Fsp3) is 0.176. The maximum atomic E-state index is 13.5. The van der Waals surface area contributed by atoms with Gasteiger partial charge in [-0.25, -0.2) is 9.18 Å². The summed E-state index contributed by atoms with van der Waals surface area (Å²) < 4.78 is 18.1. The molecule has 2 N–H and O–H groups in total. The molecule has 2 aromatic carbocycles. The molecule has 0 bridgehead atoms. The largest absolute Gasteiger partial charge is 0.465 e. The standard InChI is InChI=1S/C17H17FN2O3/c1-11(16(21)20-15-6-4-3-5-14(15)18)19-13-9-7-12(8-10-13)17(22)23-2/h3-11,19H,1-2H3,(H,20,21). The number of carbonyl (C=O) groups is 2. The van der Waals surface area contributed by atoms with Crippen molar-refractivity contribution in [3.63, 3.8) is 0 Å². The number of carbonyl (C=O) groups excluding carboxylic acids is 2. The predicted molar refractivity (Wildman–Crippen MR) is 85.9 cm³/mol. The second kappa shape index (κ2) is 7.40. The first-order valence-corrected chi connectivity index (χ1v) is 7.01. The van der Waals surface area contributed by atoms with Crippen molar-refractivity contribution >= 4 is 23.3 Å². The summed E-state index contributed by atoms with van der Waals surface area (Å²) in [4.78, 5) is 23.4. The molecule has 120 valence electrons. The summed E-state index contributed by atoms with van der Waals surface area (Å²) in [6.45, 7) is 1.66. The normalized spacial score (nSPS) is 11.4. The summed E-state index contributed by atoms with van der Waals surface area (Å²) in [6.07, 6.45) is 0. The van der Waals surface area contributed by atoms with Crippen LogP contribution in [-0.2, 0) is 9.53 Å². The van der Waals surface area contributed by atoms with Gasteiger partial charge in [-0.05, 0) is 43.3 Å². The highest BCUT2D eigenvalue weighted by Gasteiger charge is 2.14. The van der Waals surface area contributed by atoms with Gasteiger partial charge in [0.2, 0.25) is 5.91 Å². The Hall–Kier alpha value is -2.89. The molecule has 6 heteroatoms. The van der Waals surface area contributed by atoms with E-state index in [1.807, 2.05) is 0 Å². The minimum atomic E-state index is -0.585. The highest BCUT2D eigenvalue weighted by atomic mass is 19.1. The lowest BCUT2D eigenvalue weighted by atomic mass is 10.2. The molecule has 2 rings (SSSR count). The third-order valence-corrected chi connectivity index (χ3v) is 3.21. The van der Waals surface area contributed by atoms with E-state index in [0.717, 1.165) is 0 Å². The number of halogens is 1. The van der Waals surface area contributed by atoms with Gasteiger partial charge in [0, 0.05) is 5.69 Å². The van der Waals surface area contributed by atoms with Crippen molar-refractivity contribution in [3.8, 4) is 0 Å². The van der Waals surface area contributed by atoms with Crippen LogP contribution in [0.5, 0.6) is 0 Å². The highest BCUT2D eigenvalue weighted by molar-refractivity contribution is 5.96. The van der Waals surface area contributed by atoms with E-state index in [2.05, 4.69) is 15.4 Å². The van der Waals surface area contributed by atoms with Crippen LogP contribution in [0.15, 0.2) is 48.5 Å². The Morgan fingerprint density at radius 1 is 1.09 bits per heavy atom. The van der Waals surface area contributed by atoms with Crippen LogP contribution < -0.4 is 10.6 Å². The first-order valence-electron chi connectivity index (χ1n) is 7.01. The topological polar surface area (TPSA) is 67.4 Å². The Labute approximate surface area is 133 Å². The summed E-state index contributed by atoms with van der Waals surface area (Å²) in [7, 11) is 1.31. The zero-order chi connectivity index (χ0) is 16.8. The molecule has 1 amide bonds. The third kappa shape index (κ3) is 4.29. The fourth-order valence-corrected chi connectivity index (χ4v) is 1.94. The average Bonchev–Trinajstić information content (AvgIpc) is 2.56. The second-order valence-corrected chi connectivity index (χ2v) is 4.90. The molecule has 1 unspecified atom stereocenters. The monoisotopic (exact) mass is 316 g/mol. The molecule has 0 fully saturated rings. The smallest absolute Gasteiger partial charge is 0.337 e. The Morgan fingerprint density at radius 3 is 2.35 bits per heavy atom. The van der Waals surface area contributed by atoms with Gasteiger partial charge >= 0.3 is 5.97 Å². The molecule has 0 aliphatic carbocycles. The molecule has 0 saturated carbocycles. The summed E-state index contributed by atoms with van der Waals surface area (Å²) in [6, 6.07) is 11.9. The number of amides is 1. The average molecular weight is 316 g/mol. The van der Waals surface area contributed by atoms with Crippen molar-refractivity contribution in [2.24, 2.45) is 0 Å². The van der Waals surface area contributed by atoms with Gasteiger partial charge in [-0.3, -0.25) is 4.79 Å². The number of benzene rings is 2. The van der Waals surface area contributed by atoms with Gasteiger partial charge in [-0.2, -0.15) is 0 Å². The molecule has 23 heavy (non-hydrogen) atoms. The van der Waals surface area contributed by atoms with Crippen LogP contribution in [0, 0.1) is 5.82 Å². The van der Waals surface area contributed by atoms with Gasteiger partial charge in [0.1, 0.15) is 11.9 Å². The highest BCUT2D eigenvalue weighted by Crippen LogP contribution is 2.15. The van der Waals surface area contributed by atoms with Gasteiger partial charge in [-0.15, -0.1) is 0 Å². The second-order valence-electron chi connectivity index (χ2n) is 4.90. The molecule has 0 aliphatic rings. The number of para-hydroxylation sites is 1. The zero-order valence-corrected chi connectivity index (χ0v) is 12.8. The maximum Gasteiger partial charge on any atom is 0.337 e. The zero-order valence-electron chi connectivity index (χ0n) is 12.8. The van der Waals surface area contributed by atoms with E-state index in [4.69, 9.17) is 0 Å². The van der Waals surface area contributed by atoms with Crippen LogP contribution in [0.2, 0.25) is 0 Å². The van der Waals surface area contributed by atoms with Gasteiger partial charge < -0.3 is 15.4 Å². The Bertz CT molecular complexity index is 701. The predicted octanol–water partition coefficient (Wildman–Crippen LogP) is 3.05. The van der Waals surface area contributed by atoms with Crippen LogP contribution in [0.1, 0.15) is 17.3 Å². The minimum absolute atomic E-state index is 0.132. The molecule has 0 spiro atoms. The Kier molecular flexibility index (Phi) is 5.30. The fourth-order valence-electron chi connectivity index (χ4n) is 1.94. The molecule has 0 aliphatic heterocycles. The SMILES string of the molecule is COC(=O)c1ccc(NC(C)C(=O)Nc2ccccc2F)cc1. The molecule has 0 radical (unpaired) electrons. The number of ether oxygens (including phenoxy) is 1. The van der Waals surface area contributed by atoms with Crippen LogP contribution in [0.3, 0.4) is 0 Å². The van der Waals surface area contributed by atoms with Gasteiger partial charge in [0.15, 0.2) is 0 Å². The lowest BCUT2D eigenvalue weighted by Gasteiger charge is -2.15. The van der Waals surface area contributed by atoms with Crippen molar-refractivity contribution in [1.29, 1.82) is 0 Å². The van der Waals surface area contributed by atoms with E-state index in [9.17, 15) is 14.0 Å². The summed E-state index contributed by atoms with van der Waals surface area (Å²) >= 11 is 0. The summed E-state index contributed by atoms with van der Waals surface area (Å²) in [5.74, 6) is -1.29. The number of methoxy groups -OCH3 is 1. The van der Waals surface area contributed by atoms with E-state index in [0.29, 0.717) is 11.3 Å². The number of hydrogen-bond acceptors (Lipinski definition) is 4. The molecule has 0 heterocycles. The summed E-state index contributed by atoms with van der Waals surface area (Å²) in [5.41, 5.74) is 1.21. The van der Waals surface area contributed by atoms with Crippen LogP contribution in [-0.4, -0.2) is 25.0 Å². The number of rotatable bonds is 5. The van der Waals surface area contributed by atoms with Gasteiger partial charge in [-0.1, -0.05) is 12.1 Å². The van der Waals surface area contributed by atoms with Crippen molar-refractivity contribution in [3.05, 3.63) is 59.9 Å². The number of anilines is 2. The molecule has 5 nitrogen and oxygen atoms in total. The summed E-state index contributed by atoms with van der Waals surface area (Å²) in [5, 5.41) is 5.50. The van der Waals surface area contributed by atoms with E-state index >= 15 is 0 Å². The molecule has 0 saturated heterocycles. The van der Waals surface area contributed by atoms with Crippen molar-refractivity contribution in [2.45, 2.75) is 13.0 Å². The first-order chi connectivity index (χ1) is 11.0. The van der Waals surface area contributed by atoms with Gasteiger partial charge in [0.05, 0.1) is 18.4 Å². The number of esters is 1. The Morgan fingerprint density at radius 2 is 1.74 bits per heavy atom. The molecule has 0 aromatic heterocycles. The molecular weight excluding hydrogens is 299 g/mol. The van der Waals surface area contributed by atoms with Gasteiger partial charge in [0.25, 0.3) is 0 Å². The van der Waals surface area contributed by atoms with Crippen molar-refractivity contribution in [1.82, 2.24) is 0 Å². The quantitative estimate of drug-likeness (QED) is 0.832. The van der Waals surface area contributed by atoms with Crippen LogP contribution in [0.25, 0.3) is 0 Å². The number of hydrogen-bond donors (Lipinski definition) is 2. The van der Waals surface area contributed by atoms with Crippen molar-refractivity contribution < 1.29 is 18.7 Å². The van der Waals surface area contributed by atoms with E-state index in [1.54, 1.807) is 43.3 Å².